The molecule has 1 aromatic carbocycles. The van der Waals surface area contributed by atoms with Crippen molar-refractivity contribution in [1.82, 2.24) is 25.1 Å². The van der Waals surface area contributed by atoms with Crippen molar-refractivity contribution in [2.45, 2.75) is 70.5 Å². The zero-order valence-corrected chi connectivity index (χ0v) is 20.9. The molecule has 2 aliphatic rings. The van der Waals surface area contributed by atoms with Gasteiger partial charge in [0, 0.05) is 24.0 Å². The summed E-state index contributed by atoms with van der Waals surface area (Å²) < 4.78 is 55.8. The largest absolute Gasteiger partial charge is 0.421 e. The fraction of sp³-hybridized carbons (Fsp3) is 0.500. The molecule has 198 valence electrons. The Balaban J connectivity index is 1.33. The lowest BCUT2D eigenvalue weighted by atomic mass is 9.79. The highest BCUT2D eigenvalue weighted by Crippen LogP contribution is 2.39. The maximum absolute atomic E-state index is 15.2. The molecule has 3 aromatic rings. The number of aromatic nitrogens is 4. The van der Waals surface area contributed by atoms with E-state index in [0.29, 0.717) is 23.9 Å². The summed E-state index contributed by atoms with van der Waals surface area (Å²) in [4.78, 5) is 10.4. The van der Waals surface area contributed by atoms with Crippen LogP contribution in [0.4, 0.5) is 40.8 Å². The van der Waals surface area contributed by atoms with Gasteiger partial charge in [0.15, 0.2) is 5.82 Å². The first-order chi connectivity index (χ1) is 17.7. The molecule has 0 bridgehead atoms. The van der Waals surface area contributed by atoms with Crippen LogP contribution in [0.2, 0.25) is 0 Å². The van der Waals surface area contributed by atoms with Gasteiger partial charge in [0.05, 0.1) is 5.69 Å². The molecule has 1 saturated carbocycles. The van der Waals surface area contributed by atoms with Gasteiger partial charge in [-0.25, -0.2) is 9.37 Å². The molecule has 0 radical (unpaired) electrons. The molecule has 2 aromatic heterocycles. The first-order valence-electron chi connectivity index (χ1n) is 12.7. The minimum atomic E-state index is -4.68. The minimum Gasteiger partial charge on any atom is -0.323 e. The summed E-state index contributed by atoms with van der Waals surface area (Å²) >= 11 is 0. The highest BCUT2D eigenvalue weighted by Gasteiger charge is 2.36. The summed E-state index contributed by atoms with van der Waals surface area (Å²) in [5, 5.41) is 11.9. The van der Waals surface area contributed by atoms with Crippen LogP contribution < -0.4 is 10.6 Å². The number of rotatable bonds is 6. The maximum Gasteiger partial charge on any atom is 0.421 e. The Morgan fingerprint density at radius 1 is 1.00 bits per heavy atom. The number of likely N-dealkylation sites (tertiary alicyclic amines) is 1. The van der Waals surface area contributed by atoms with Gasteiger partial charge >= 0.3 is 6.18 Å². The lowest BCUT2D eigenvalue weighted by molar-refractivity contribution is -0.137. The Morgan fingerprint density at radius 3 is 2.38 bits per heavy atom. The lowest BCUT2D eigenvalue weighted by Gasteiger charge is -2.35. The SMILES string of the molecule is Cc1cc(Nc2nc(Nc3cc(C)c(C4CCC(N5CCCC5)CC4)cc3F)ncc2C(F)(F)F)n[nH]1. The molecule has 2 fully saturated rings. The number of nitrogens with one attached hydrogen (secondary N) is 3. The van der Waals surface area contributed by atoms with E-state index in [1.165, 1.54) is 25.9 Å². The Kier molecular flexibility index (Phi) is 7.06. The lowest BCUT2D eigenvalue weighted by Crippen LogP contribution is -2.35. The van der Waals surface area contributed by atoms with Gasteiger partial charge in [-0.1, -0.05) is 0 Å². The van der Waals surface area contributed by atoms with Crippen LogP contribution in [0.15, 0.2) is 24.4 Å². The van der Waals surface area contributed by atoms with E-state index in [1.54, 1.807) is 25.1 Å². The molecule has 1 saturated heterocycles. The first-order valence-corrected chi connectivity index (χ1v) is 12.7. The fourth-order valence-corrected chi connectivity index (χ4v) is 5.56. The van der Waals surface area contributed by atoms with Gasteiger partial charge in [-0.15, -0.1) is 0 Å². The highest BCUT2D eigenvalue weighted by atomic mass is 19.4. The minimum absolute atomic E-state index is 0.119. The molecule has 37 heavy (non-hydrogen) atoms. The number of nitrogens with zero attached hydrogens (tertiary/aromatic N) is 4. The standard InChI is InChI=1S/C26H31F4N7/c1-15-11-22(21(27)13-19(15)17-5-7-18(8-6-17)37-9-3-4-10-37)32-25-31-14-20(26(28,29)30)24(34-25)33-23-12-16(2)35-36-23/h11-14,17-18H,3-10H2,1-2H3,(H3,31,32,33,34,35,36). The van der Waals surface area contributed by atoms with Gasteiger partial charge < -0.3 is 15.5 Å². The Morgan fingerprint density at radius 2 is 1.73 bits per heavy atom. The van der Waals surface area contributed by atoms with Gasteiger partial charge in [0.1, 0.15) is 17.2 Å². The molecule has 11 heteroatoms. The smallest absolute Gasteiger partial charge is 0.323 e. The van der Waals surface area contributed by atoms with Crippen molar-refractivity contribution in [3.63, 3.8) is 0 Å². The zero-order chi connectivity index (χ0) is 26.2. The number of aryl methyl sites for hydroxylation is 2. The van der Waals surface area contributed by atoms with Gasteiger partial charge in [-0.05, 0) is 94.6 Å². The topological polar surface area (TPSA) is 81.8 Å². The number of benzene rings is 1. The Labute approximate surface area is 213 Å². The molecule has 0 atom stereocenters. The molecular weight excluding hydrogens is 486 g/mol. The second-order valence-corrected chi connectivity index (χ2v) is 10.1. The first kappa shape index (κ1) is 25.4. The zero-order valence-electron chi connectivity index (χ0n) is 20.9. The summed E-state index contributed by atoms with van der Waals surface area (Å²) in [6, 6.07) is 5.42. The average molecular weight is 518 g/mol. The van der Waals surface area contributed by atoms with Crippen molar-refractivity contribution in [3.05, 3.63) is 52.6 Å². The monoisotopic (exact) mass is 517 g/mol. The van der Waals surface area contributed by atoms with Gasteiger partial charge in [0.25, 0.3) is 0 Å². The van der Waals surface area contributed by atoms with E-state index in [-0.39, 0.29) is 17.5 Å². The normalized spacial score (nSPS) is 20.8. The van der Waals surface area contributed by atoms with Crippen LogP contribution in [0.1, 0.15) is 66.8 Å². The van der Waals surface area contributed by atoms with Crippen LogP contribution in [0, 0.1) is 19.7 Å². The molecule has 3 heterocycles. The van der Waals surface area contributed by atoms with Crippen LogP contribution in [0.5, 0.6) is 0 Å². The number of aromatic amines is 1. The Hall–Kier alpha value is -3.21. The molecule has 1 aliphatic carbocycles. The van der Waals surface area contributed by atoms with E-state index >= 15 is 4.39 Å². The third-order valence-electron chi connectivity index (χ3n) is 7.44. The average Bonchev–Trinajstić information content (AvgIpc) is 3.53. The predicted octanol–water partition coefficient (Wildman–Crippen LogP) is 6.58. The molecule has 3 N–H and O–H groups in total. The Bertz CT molecular complexity index is 1240. The molecule has 0 unspecified atom stereocenters. The van der Waals surface area contributed by atoms with Crippen LogP contribution in [0.3, 0.4) is 0 Å². The molecular formula is C26H31F4N7. The van der Waals surface area contributed by atoms with E-state index in [0.717, 1.165) is 36.8 Å². The number of H-pyrrole nitrogens is 1. The molecule has 7 nitrogen and oxygen atoms in total. The van der Waals surface area contributed by atoms with Crippen LogP contribution in [-0.2, 0) is 6.18 Å². The van der Waals surface area contributed by atoms with Gasteiger partial charge in [-0.2, -0.15) is 23.3 Å². The van der Waals surface area contributed by atoms with E-state index in [4.69, 9.17) is 0 Å². The van der Waals surface area contributed by atoms with Crippen molar-refractivity contribution >= 4 is 23.3 Å². The summed E-state index contributed by atoms with van der Waals surface area (Å²) in [7, 11) is 0. The van der Waals surface area contributed by atoms with E-state index in [9.17, 15) is 13.2 Å². The number of hydrogen-bond acceptors (Lipinski definition) is 6. The van der Waals surface area contributed by atoms with E-state index in [2.05, 4.69) is 35.7 Å². The van der Waals surface area contributed by atoms with Gasteiger partial charge in [-0.3, -0.25) is 5.10 Å². The maximum atomic E-state index is 15.2. The molecule has 5 rings (SSSR count). The van der Waals surface area contributed by atoms with Gasteiger partial charge in [0.2, 0.25) is 5.95 Å². The number of alkyl halides is 3. The summed E-state index contributed by atoms with van der Waals surface area (Å²) in [6.45, 7) is 6.04. The van der Waals surface area contributed by atoms with Crippen molar-refractivity contribution in [2.75, 3.05) is 23.7 Å². The van der Waals surface area contributed by atoms with Crippen molar-refractivity contribution < 1.29 is 17.6 Å². The summed E-state index contributed by atoms with van der Waals surface area (Å²) in [6.07, 6.45) is 2.85. The molecule has 1 aliphatic heterocycles. The third kappa shape index (κ3) is 5.71. The quantitative estimate of drug-likeness (QED) is 0.320. The predicted molar refractivity (Wildman–Crippen MR) is 134 cm³/mol. The van der Waals surface area contributed by atoms with Crippen LogP contribution in [0.25, 0.3) is 0 Å². The number of hydrogen-bond donors (Lipinski definition) is 3. The third-order valence-corrected chi connectivity index (χ3v) is 7.44. The second kappa shape index (κ2) is 10.3. The molecule has 0 spiro atoms. The summed E-state index contributed by atoms with van der Waals surface area (Å²) in [5.41, 5.74) is 1.67. The number of halogens is 4. The second-order valence-electron chi connectivity index (χ2n) is 10.1. The van der Waals surface area contributed by atoms with Crippen LogP contribution >= 0.6 is 0 Å². The highest BCUT2D eigenvalue weighted by molar-refractivity contribution is 5.62. The molecule has 0 amide bonds. The number of anilines is 4. The summed E-state index contributed by atoms with van der Waals surface area (Å²) in [5.74, 6) is -0.626. The van der Waals surface area contributed by atoms with Crippen molar-refractivity contribution in [1.29, 1.82) is 0 Å². The van der Waals surface area contributed by atoms with E-state index < -0.39 is 23.4 Å². The van der Waals surface area contributed by atoms with Crippen molar-refractivity contribution in [3.8, 4) is 0 Å². The van der Waals surface area contributed by atoms with Crippen LogP contribution in [-0.4, -0.2) is 44.2 Å². The fourth-order valence-electron chi connectivity index (χ4n) is 5.56. The van der Waals surface area contributed by atoms with E-state index in [1.807, 2.05) is 6.92 Å². The van der Waals surface area contributed by atoms with Crippen molar-refractivity contribution in [2.24, 2.45) is 0 Å².